The fourth-order valence-corrected chi connectivity index (χ4v) is 2.42. The third kappa shape index (κ3) is 4.74. The van der Waals surface area contributed by atoms with Crippen LogP contribution in [0, 0.1) is 0 Å². The van der Waals surface area contributed by atoms with Crippen molar-refractivity contribution in [3.63, 3.8) is 0 Å². The van der Waals surface area contributed by atoms with Crippen molar-refractivity contribution in [2.75, 3.05) is 33.4 Å². The summed E-state index contributed by atoms with van der Waals surface area (Å²) >= 11 is 0. The number of aliphatic imine (C=N–C) groups is 1. The SMILES string of the molecule is CCNC(=NCCOC)NCCc1cccc2ccccc12. The Morgan fingerprint density at radius 1 is 1.09 bits per heavy atom. The summed E-state index contributed by atoms with van der Waals surface area (Å²) in [6, 6.07) is 15.0. The van der Waals surface area contributed by atoms with Gasteiger partial charge in [0.2, 0.25) is 0 Å². The van der Waals surface area contributed by atoms with Crippen molar-refractivity contribution in [2.45, 2.75) is 13.3 Å². The molecule has 2 N–H and O–H groups in total. The van der Waals surface area contributed by atoms with Gasteiger partial charge in [-0.05, 0) is 29.7 Å². The fourth-order valence-electron chi connectivity index (χ4n) is 2.42. The van der Waals surface area contributed by atoms with Gasteiger partial charge in [0.05, 0.1) is 13.2 Å². The Bertz CT molecular complexity index is 605. The van der Waals surface area contributed by atoms with E-state index in [9.17, 15) is 0 Å². The normalized spacial score (nSPS) is 11.6. The van der Waals surface area contributed by atoms with Gasteiger partial charge in [-0.25, -0.2) is 0 Å². The van der Waals surface area contributed by atoms with Crippen LogP contribution in [0.1, 0.15) is 12.5 Å². The van der Waals surface area contributed by atoms with E-state index in [0.717, 1.165) is 25.5 Å². The molecule has 0 saturated carbocycles. The zero-order chi connectivity index (χ0) is 15.6. The maximum absolute atomic E-state index is 5.03. The summed E-state index contributed by atoms with van der Waals surface area (Å²) in [6.45, 7) is 5.08. The molecular formula is C18H25N3O. The topological polar surface area (TPSA) is 45.7 Å². The highest BCUT2D eigenvalue weighted by molar-refractivity contribution is 5.85. The fraction of sp³-hybridized carbons (Fsp3) is 0.389. The molecule has 0 spiro atoms. The largest absolute Gasteiger partial charge is 0.383 e. The Morgan fingerprint density at radius 3 is 2.73 bits per heavy atom. The Labute approximate surface area is 132 Å². The summed E-state index contributed by atoms with van der Waals surface area (Å²) in [5, 5.41) is 9.24. The molecule has 0 aliphatic heterocycles. The summed E-state index contributed by atoms with van der Waals surface area (Å²) in [5.74, 6) is 0.847. The molecule has 0 aliphatic carbocycles. The van der Waals surface area contributed by atoms with Gasteiger partial charge in [0, 0.05) is 20.2 Å². The number of hydrogen-bond acceptors (Lipinski definition) is 2. The van der Waals surface area contributed by atoms with Gasteiger partial charge in [0.1, 0.15) is 0 Å². The highest BCUT2D eigenvalue weighted by Gasteiger charge is 2.01. The van der Waals surface area contributed by atoms with Crippen molar-refractivity contribution in [3.8, 4) is 0 Å². The van der Waals surface area contributed by atoms with E-state index in [0.29, 0.717) is 13.2 Å². The van der Waals surface area contributed by atoms with E-state index in [1.165, 1.54) is 16.3 Å². The van der Waals surface area contributed by atoms with E-state index >= 15 is 0 Å². The lowest BCUT2D eigenvalue weighted by molar-refractivity contribution is 0.208. The lowest BCUT2D eigenvalue weighted by Crippen LogP contribution is -2.38. The number of methoxy groups -OCH3 is 1. The number of nitrogens with one attached hydrogen (secondary N) is 2. The summed E-state index contributed by atoms with van der Waals surface area (Å²) < 4.78 is 5.03. The Kier molecular flexibility index (Phi) is 6.71. The third-order valence-electron chi connectivity index (χ3n) is 3.48. The molecule has 4 heteroatoms. The monoisotopic (exact) mass is 299 g/mol. The maximum atomic E-state index is 5.03. The van der Waals surface area contributed by atoms with Gasteiger partial charge >= 0.3 is 0 Å². The molecule has 118 valence electrons. The molecule has 22 heavy (non-hydrogen) atoms. The third-order valence-corrected chi connectivity index (χ3v) is 3.48. The molecule has 4 nitrogen and oxygen atoms in total. The molecular weight excluding hydrogens is 274 g/mol. The molecule has 0 fully saturated rings. The minimum Gasteiger partial charge on any atom is -0.383 e. The van der Waals surface area contributed by atoms with E-state index in [-0.39, 0.29) is 0 Å². The second-order valence-electron chi connectivity index (χ2n) is 5.07. The van der Waals surface area contributed by atoms with Gasteiger partial charge in [-0.2, -0.15) is 0 Å². The van der Waals surface area contributed by atoms with Crippen LogP contribution >= 0.6 is 0 Å². The van der Waals surface area contributed by atoms with Gasteiger partial charge in [0.15, 0.2) is 5.96 Å². The Hall–Kier alpha value is -2.07. The lowest BCUT2D eigenvalue weighted by atomic mass is 10.0. The number of hydrogen-bond donors (Lipinski definition) is 2. The first-order chi connectivity index (χ1) is 10.8. The number of ether oxygens (including phenoxy) is 1. The number of benzene rings is 2. The van der Waals surface area contributed by atoms with Gasteiger partial charge in [-0.1, -0.05) is 42.5 Å². The number of guanidine groups is 1. The standard InChI is InChI=1S/C18H25N3O/c1-3-19-18(21-13-14-22-2)20-12-11-16-9-6-8-15-7-4-5-10-17(15)16/h4-10H,3,11-14H2,1-2H3,(H2,19,20,21). The molecule has 0 saturated heterocycles. The highest BCUT2D eigenvalue weighted by atomic mass is 16.5. The lowest BCUT2D eigenvalue weighted by Gasteiger charge is -2.12. The molecule has 0 atom stereocenters. The molecule has 2 rings (SSSR count). The van der Waals surface area contributed by atoms with Crippen LogP contribution in [-0.4, -0.2) is 39.3 Å². The van der Waals surface area contributed by atoms with Crippen molar-refractivity contribution in [1.82, 2.24) is 10.6 Å². The molecule has 0 amide bonds. The molecule has 2 aromatic rings. The second kappa shape index (κ2) is 9.05. The first kappa shape index (κ1) is 16.3. The highest BCUT2D eigenvalue weighted by Crippen LogP contribution is 2.18. The summed E-state index contributed by atoms with van der Waals surface area (Å²) in [4.78, 5) is 4.47. The summed E-state index contributed by atoms with van der Waals surface area (Å²) in [5.41, 5.74) is 1.36. The van der Waals surface area contributed by atoms with E-state index in [2.05, 4.69) is 65.0 Å². The molecule has 0 bridgehead atoms. The van der Waals surface area contributed by atoms with Crippen LogP contribution in [0.4, 0.5) is 0 Å². The first-order valence-corrected chi connectivity index (χ1v) is 7.83. The van der Waals surface area contributed by atoms with Crippen LogP contribution in [0.3, 0.4) is 0 Å². The average Bonchev–Trinajstić information content (AvgIpc) is 2.55. The van der Waals surface area contributed by atoms with Crippen LogP contribution in [-0.2, 0) is 11.2 Å². The number of nitrogens with zero attached hydrogens (tertiary/aromatic N) is 1. The van der Waals surface area contributed by atoms with Crippen molar-refractivity contribution in [1.29, 1.82) is 0 Å². The summed E-state index contributed by atoms with van der Waals surface area (Å²) in [7, 11) is 1.69. The van der Waals surface area contributed by atoms with E-state index in [1.54, 1.807) is 7.11 Å². The Balaban J connectivity index is 1.94. The van der Waals surface area contributed by atoms with Crippen LogP contribution in [0.2, 0.25) is 0 Å². The maximum Gasteiger partial charge on any atom is 0.191 e. The molecule has 2 aromatic carbocycles. The number of fused-ring (bicyclic) bond motifs is 1. The second-order valence-corrected chi connectivity index (χ2v) is 5.07. The molecule has 0 unspecified atom stereocenters. The van der Waals surface area contributed by atoms with E-state index in [4.69, 9.17) is 4.74 Å². The van der Waals surface area contributed by atoms with Gasteiger partial charge < -0.3 is 15.4 Å². The van der Waals surface area contributed by atoms with Crippen LogP contribution < -0.4 is 10.6 Å². The average molecular weight is 299 g/mol. The van der Waals surface area contributed by atoms with Crippen LogP contribution in [0.25, 0.3) is 10.8 Å². The van der Waals surface area contributed by atoms with Gasteiger partial charge in [-0.3, -0.25) is 4.99 Å². The van der Waals surface area contributed by atoms with E-state index in [1.807, 2.05) is 0 Å². The minimum atomic E-state index is 0.639. The number of rotatable bonds is 7. The first-order valence-electron chi connectivity index (χ1n) is 7.83. The van der Waals surface area contributed by atoms with Crippen molar-refractivity contribution >= 4 is 16.7 Å². The predicted octanol–water partition coefficient (Wildman–Crippen LogP) is 2.58. The molecule has 0 radical (unpaired) electrons. The quantitative estimate of drug-likeness (QED) is 0.469. The van der Waals surface area contributed by atoms with Crippen LogP contribution in [0.5, 0.6) is 0 Å². The molecule has 0 aliphatic rings. The zero-order valence-electron chi connectivity index (χ0n) is 13.4. The van der Waals surface area contributed by atoms with Gasteiger partial charge in [0.25, 0.3) is 0 Å². The Morgan fingerprint density at radius 2 is 1.91 bits per heavy atom. The summed E-state index contributed by atoms with van der Waals surface area (Å²) in [6.07, 6.45) is 0.968. The van der Waals surface area contributed by atoms with Crippen molar-refractivity contribution in [3.05, 3.63) is 48.0 Å². The van der Waals surface area contributed by atoms with Crippen molar-refractivity contribution in [2.24, 2.45) is 4.99 Å². The van der Waals surface area contributed by atoms with Crippen molar-refractivity contribution < 1.29 is 4.74 Å². The minimum absolute atomic E-state index is 0.639. The predicted molar refractivity (Wildman–Crippen MR) is 93.5 cm³/mol. The van der Waals surface area contributed by atoms with E-state index < -0.39 is 0 Å². The smallest absolute Gasteiger partial charge is 0.191 e. The molecule has 0 heterocycles. The van der Waals surface area contributed by atoms with Gasteiger partial charge in [-0.15, -0.1) is 0 Å². The van der Waals surface area contributed by atoms with Crippen LogP contribution in [0.15, 0.2) is 47.5 Å². The zero-order valence-corrected chi connectivity index (χ0v) is 13.4. The molecule has 0 aromatic heterocycles.